The van der Waals surface area contributed by atoms with Crippen LogP contribution in [0.3, 0.4) is 0 Å². The Balaban J connectivity index is 0.000000134. The first kappa shape index (κ1) is 71.3. The first-order valence-electron chi connectivity index (χ1n) is 35.6. The molecule has 0 unspecified atom stereocenters. The number of carboxylic acid groups (broad SMARTS) is 2. The molecule has 0 amide bonds. The number of aliphatic hydroxyl groups is 2. The van der Waals surface area contributed by atoms with Gasteiger partial charge >= 0.3 is 11.9 Å². The molecule has 4 aliphatic carbocycles. The van der Waals surface area contributed by atoms with Gasteiger partial charge in [-0.1, -0.05) is 225 Å². The third-order valence-electron chi connectivity index (χ3n) is 20.4. The number of nitrogens with one attached hydrogen (secondary N) is 4. The van der Waals surface area contributed by atoms with Gasteiger partial charge in [-0.15, -0.1) is 0 Å². The normalized spacial score (nSPS) is 21.3. The highest BCUT2D eigenvalue weighted by Crippen LogP contribution is 2.36. The van der Waals surface area contributed by atoms with E-state index < -0.39 is 24.1 Å². The zero-order chi connectivity index (χ0) is 66.0. The van der Waals surface area contributed by atoms with Crippen LogP contribution in [0, 0.1) is 27.7 Å². The zero-order valence-corrected chi connectivity index (χ0v) is 56.9. The highest BCUT2D eigenvalue weighted by atomic mass is 16.4. The van der Waals surface area contributed by atoms with Crippen molar-refractivity contribution in [2.24, 2.45) is 0 Å². The van der Waals surface area contributed by atoms with Gasteiger partial charge in [0, 0.05) is 24.2 Å². The van der Waals surface area contributed by atoms with Gasteiger partial charge in [0.15, 0.2) is 12.2 Å². The minimum Gasteiger partial charge on any atom is -0.479 e. The van der Waals surface area contributed by atoms with Gasteiger partial charge < -0.3 is 41.7 Å². The lowest BCUT2D eigenvalue weighted by atomic mass is 9.81. The van der Waals surface area contributed by atoms with Crippen molar-refractivity contribution in [2.75, 3.05) is 26.2 Å². The van der Waals surface area contributed by atoms with Crippen LogP contribution in [0.25, 0.3) is 0 Å². The molecule has 94 heavy (non-hydrogen) atoms. The van der Waals surface area contributed by atoms with E-state index in [0.29, 0.717) is 35.3 Å². The van der Waals surface area contributed by atoms with Crippen molar-refractivity contribution < 1.29 is 30.0 Å². The molecule has 4 aliphatic heterocycles. The molecule has 0 saturated carbocycles. The molecule has 10 nitrogen and oxygen atoms in total. The van der Waals surface area contributed by atoms with E-state index in [1.807, 2.05) is 0 Å². The number of rotatable bonds is 12. The Hall–Kier alpha value is -7.02. The second kappa shape index (κ2) is 37.3. The van der Waals surface area contributed by atoms with Gasteiger partial charge in [-0.2, -0.15) is 0 Å². The lowest BCUT2D eigenvalue weighted by Gasteiger charge is -2.33. The second-order valence-corrected chi connectivity index (χ2v) is 27.4. The van der Waals surface area contributed by atoms with Crippen LogP contribution in [0.2, 0.25) is 0 Å². The number of aryl methyl sites for hydroxylation is 4. The van der Waals surface area contributed by atoms with E-state index in [9.17, 15) is 9.59 Å². The SMILES string of the molecule is Cc1ccc(C[C@@H]2NCCC3=C2CCCC3)cc1.Cc1ccc(C[C@@H]2NCCC3=C2CCCC3)cc1.Cc1ccc(C[C@H]2NCCC3=C2CCCC3)cc1.Cc1ccc(C[C@H]2NCCC3=C2CCCC3)cc1.O=C(O)[C@@H](O)c1ccccc1.O=C(O)[C@@H](O)c1ccccc1. The molecule has 4 heterocycles. The van der Waals surface area contributed by atoms with Crippen molar-refractivity contribution in [1.29, 1.82) is 0 Å². The first-order valence-corrected chi connectivity index (χ1v) is 35.6. The predicted octanol–water partition coefficient (Wildman–Crippen LogP) is 16.7. The molecule has 0 spiro atoms. The number of hydrogen-bond acceptors (Lipinski definition) is 8. The Morgan fingerprint density at radius 2 is 0.532 bits per heavy atom. The van der Waals surface area contributed by atoms with Crippen molar-refractivity contribution in [2.45, 2.75) is 218 Å². The van der Waals surface area contributed by atoms with E-state index in [0.717, 1.165) is 0 Å². The minimum atomic E-state index is -1.41. The Morgan fingerprint density at radius 1 is 0.319 bits per heavy atom. The highest BCUT2D eigenvalue weighted by Gasteiger charge is 2.29. The fraction of sp³-hybridized carbons (Fsp3) is 0.452. The molecule has 14 rings (SSSR count). The maximum Gasteiger partial charge on any atom is 0.337 e. The number of aliphatic carboxylic acids is 2. The fourth-order valence-corrected chi connectivity index (χ4v) is 15.0. The topological polar surface area (TPSA) is 163 Å². The number of aliphatic hydroxyl groups excluding tert-OH is 2. The molecule has 6 aromatic rings. The monoisotopic (exact) mass is 1270 g/mol. The summed E-state index contributed by atoms with van der Waals surface area (Å²) in [5, 5.41) is 49.7. The zero-order valence-electron chi connectivity index (χ0n) is 56.9. The second-order valence-electron chi connectivity index (χ2n) is 27.4. The van der Waals surface area contributed by atoms with Crippen LogP contribution in [-0.4, -0.2) is 82.7 Å². The third-order valence-corrected chi connectivity index (χ3v) is 20.4. The summed E-state index contributed by atoms with van der Waals surface area (Å²) in [6, 6.07) is 55.1. The Kier molecular flexibility index (Phi) is 28.3. The molecule has 0 saturated heterocycles. The smallest absolute Gasteiger partial charge is 0.337 e. The minimum absolute atomic E-state index is 0.403. The number of hydrogen-bond donors (Lipinski definition) is 8. The molecule has 6 aromatic carbocycles. The summed E-state index contributed by atoms with van der Waals surface area (Å²) in [5.74, 6) is -2.45. The lowest BCUT2D eigenvalue weighted by molar-refractivity contribution is -0.147. The molecule has 0 fully saturated rings. The Bertz CT molecular complexity index is 3020. The van der Waals surface area contributed by atoms with Crippen LogP contribution in [0.4, 0.5) is 0 Å². The average Bonchev–Trinajstić information content (AvgIpc) is 1.03. The molecule has 6 atom stereocenters. The van der Waals surface area contributed by atoms with E-state index in [-0.39, 0.29) is 0 Å². The van der Waals surface area contributed by atoms with Crippen molar-refractivity contribution in [1.82, 2.24) is 21.3 Å². The quantitative estimate of drug-likeness (QED) is 0.0554. The molecule has 8 N–H and O–H groups in total. The Labute approximate surface area is 562 Å². The molecular weight excluding hydrogens is 1160 g/mol. The van der Waals surface area contributed by atoms with Gasteiger partial charge in [-0.25, -0.2) is 9.59 Å². The summed E-state index contributed by atoms with van der Waals surface area (Å²) in [5.41, 5.74) is 26.2. The molecular formula is C84H108N4O6. The summed E-state index contributed by atoms with van der Waals surface area (Å²) >= 11 is 0. The largest absolute Gasteiger partial charge is 0.479 e. The van der Waals surface area contributed by atoms with E-state index in [1.54, 1.807) is 105 Å². The van der Waals surface area contributed by atoms with E-state index in [4.69, 9.17) is 20.4 Å². The predicted molar refractivity (Wildman–Crippen MR) is 385 cm³/mol. The third kappa shape index (κ3) is 22.0. The van der Waals surface area contributed by atoms with Crippen molar-refractivity contribution >= 4 is 11.9 Å². The van der Waals surface area contributed by atoms with Gasteiger partial charge in [0.2, 0.25) is 0 Å². The maximum atomic E-state index is 10.2. The average molecular weight is 1270 g/mol. The summed E-state index contributed by atoms with van der Waals surface area (Å²) < 4.78 is 0. The maximum absolute atomic E-state index is 10.2. The van der Waals surface area contributed by atoms with Crippen LogP contribution < -0.4 is 21.3 Å². The van der Waals surface area contributed by atoms with E-state index in [2.05, 4.69) is 146 Å². The first-order chi connectivity index (χ1) is 45.7. The van der Waals surface area contributed by atoms with Crippen molar-refractivity contribution in [3.8, 4) is 0 Å². The van der Waals surface area contributed by atoms with Crippen LogP contribution in [-0.2, 0) is 35.3 Å². The molecule has 8 aliphatic rings. The van der Waals surface area contributed by atoms with E-state index in [1.165, 1.54) is 225 Å². The molecule has 0 bridgehead atoms. The van der Waals surface area contributed by atoms with Crippen LogP contribution in [0.1, 0.15) is 196 Å². The van der Waals surface area contributed by atoms with Gasteiger partial charge in [0.1, 0.15) is 0 Å². The summed E-state index contributed by atoms with van der Waals surface area (Å²) in [6.45, 7) is 13.3. The van der Waals surface area contributed by atoms with Gasteiger partial charge in [0.05, 0.1) is 0 Å². The molecule has 0 radical (unpaired) electrons. The Morgan fingerprint density at radius 3 is 0.745 bits per heavy atom. The van der Waals surface area contributed by atoms with Gasteiger partial charge in [-0.05, 0) is 241 Å². The standard InChI is InChI=1S/4C17H23N.2C8H8O3/c4*1-13-6-8-14(9-7-13)12-17-16-5-3-2-4-15(16)10-11-18-17;2*9-7(8(10)11)6-4-2-1-3-5-6/h4*6-9,17-18H,2-5,10-12H2,1H3;2*1-5,7,9H,(H,10,11)/t4*17-;2*7-/m110000/s1. The summed E-state index contributed by atoms with van der Waals surface area (Å²) in [6.07, 6.45) is 29.0. The van der Waals surface area contributed by atoms with Crippen LogP contribution in [0.15, 0.2) is 202 Å². The van der Waals surface area contributed by atoms with Crippen molar-refractivity contribution in [3.05, 3.63) is 258 Å². The lowest BCUT2D eigenvalue weighted by Crippen LogP contribution is -2.39. The number of benzene rings is 6. The summed E-state index contributed by atoms with van der Waals surface area (Å²) in [7, 11) is 0. The molecule has 500 valence electrons. The fourth-order valence-electron chi connectivity index (χ4n) is 15.0. The van der Waals surface area contributed by atoms with Gasteiger partial charge in [-0.3, -0.25) is 0 Å². The highest BCUT2D eigenvalue weighted by molar-refractivity contribution is 5.74. The van der Waals surface area contributed by atoms with Crippen LogP contribution in [0.5, 0.6) is 0 Å². The van der Waals surface area contributed by atoms with Crippen LogP contribution >= 0.6 is 0 Å². The van der Waals surface area contributed by atoms with E-state index >= 15 is 0 Å². The molecule has 10 heteroatoms. The number of carbonyl (C=O) groups is 2. The summed E-state index contributed by atoms with van der Waals surface area (Å²) in [4.78, 5) is 20.5. The molecule has 0 aromatic heterocycles. The van der Waals surface area contributed by atoms with Crippen molar-refractivity contribution in [3.63, 3.8) is 0 Å². The van der Waals surface area contributed by atoms with Gasteiger partial charge in [0.25, 0.3) is 0 Å². The number of carboxylic acids is 2.